The normalized spacial score (nSPS) is 52.5. The summed E-state index contributed by atoms with van der Waals surface area (Å²) < 4.78 is 0. The lowest BCUT2D eigenvalue weighted by Crippen LogP contribution is -2.39. The third-order valence-corrected chi connectivity index (χ3v) is 4.82. The molecule has 13 heavy (non-hydrogen) atoms. The van der Waals surface area contributed by atoms with Gasteiger partial charge in [0.1, 0.15) is 0 Å². The number of hydrogen-bond acceptors (Lipinski definition) is 0. The van der Waals surface area contributed by atoms with E-state index < -0.39 is 0 Å². The van der Waals surface area contributed by atoms with Gasteiger partial charge in [0.25, 0.3) is 0 Å². The number of fused-ring (bicyclic) bond motifs is 5. The van der Waals surface area contributed by atoms with Crippen LogP contribution in [0, 0.1) is 29.6 Å². The van der Waals surface area contributed by atoms with Gasteiger partial charge in [-0.2, -0.15) is 0 Å². The van der Waals surface area contributed by atoms with Crippen molar-refractivity contribution < 1.29 is 0 Å². The highest BCUT2D eigenvalue weighted by Crippen LogP contribution is 2.63. The van der Waals surface area contributed by atoms with Gasteiger partial charge in [0.05, 0.1) is 0 Å². The van der Waals surface area contributed by atoms with Crippen LogP contribution in [0.4, 0.5) is 0 Å². The average Bonchev–Trinajstić information content (AvgIpc) is 2.60. The zero-order chi connectivity index (χ0) is 8.84. The van der Waals surface area contributed by atoms with E-state index in [0.717, 1.165) is 29.6 Å². The van der Waals surface area contributed by atoms with Crippen molar-refractivity contribution in [3.05, 3.63) is 12.2 Å². The molecule has 0 aromatic rings. The lowest BCUT2D eigenvalue weighted by Gasteiger charge is -2.46. The molecule has 0 heterocycles. The summed E-state index contributed by atoms with van der Waals surface area (Å²) in [7, 11) is 0. The predicted molar refractivity (Wildman–Crippen MR) is 55.3 cm³/mol. The van der Waals surface area contributed by atoms with Crippen LogP contribution < -0.4 is 0 Å². The fraction of sp³-hybridized carbons (Fsp3) is 0.846. The van der Waals surface area contributed by atoms with Crippen molar-refractivity contribution >= 4 is 0 Å². The zero-order valence-corrected chi connectivity index (χ0v) is 8.58. The van der Waals surface area contributed by atoms with Crippen molar-refractivity contribution in [1.29, 1.82) is 0 Å². The van der Waals surface area contributed by atoms with Gasteiger partial charge >= 0.3 is 0 Å². The molecule has 72 valence electrons. The zero-order valence-electron chi connectivity index (χ0n) is 8.58. The number of hydrogen-bond donors (Lipinski definition) is 0. The molecular formula is C13H20. The minimum Gasteiger partial charge on any atom is -0.0885 e. The van der Waals surface area contributed by atoms with Crippen molar-refractivity contribution in [1.82, 2.24) is 0 Å². The minimum atomic E-state index is 0.986. The minimum absolute atomic E-state index is 0.986. The summed E-state index contributed by atoms with van der Waals surface area (Å²) in [6.45, 7) is 2.24. The van der Waals surface area contributed by atoms with Gasteiger partial charge in [-0.25, -0.2) is 0 Å². The molecule has 0 heteroatoms. The van der Waals surface area contributed by atoms with Crippen LogP contribution in [0.3, 0.4) is 0 Å². The molecule has 0 amide bonds. The summed E-state index contributed by atoms with van der Waals surface area (Å²) in [5, 5.41) is 0. The van der Waals surface area contributed by atoms with Crippen LogP contribution in [0.1, 0.15) is 39.0 Å². The molecule has 0 aromatic heterocycles. The van der Waals surface area contributed by atoms with Crippen molar-refractivity contribution in [3.63, 3.8) is 0 Å². The quantitative estimate of drug-likeness (QED) is 0.563. The summed E-state index contributed by atoms with van der Waals surface area (Å²) in [5.41, 5.74) is 0. The van der Waals surface area contributed by atoms with Gasteiger partial charge in [-0.05, 0) is 61.7 Å². The van der Waals surface area contributed by atoms with Crippen LogP contribution in [-0.2, 0) is 0 Å². The molecule has 0 N–H and O–H groups in total. The smallest absolute Gasteiger partial charge is 0.0197 e. The number of allylic oxidation sites excluding steroid dienone is 2. The van der Waals surface area contributed by atoms with E-state index in [2.05, 4.69) is 19.1 Å². The molecule has 0 aromatic carbocycles. The maximum Gasteiger partial charge on any atom is -0.0197 e. The first-order chi connectivity index (χ1) is 6.40. The van der Waals surface area contributed by atoms with Crippen LogP contribution >= 0.6 is 0 Å². The van der Waals surface area contributed by atoms with Gasteiger partial charge in [-0.3, -0.25) is 0 Å². The Bertz CT molecular complexity index is 226. The molecule has 3 saturated carbocycles. The first-order valence-corrected chi connectivity index (χ1v) is 6.06. The average molecular weight is 176 g/mol. The summed E-state index contributed by atoms with van der Waals surface area (Å²) in [4.78, 5) is 0. The lowest BCUT2D eigenvalue weighted by molar-refractivity contribution is 0.0494. The van der Waals surface area contributed by atoms with Crippen molar-refractivity contribution in [2.45, 2.75) is 39.0 Å². The molecule has 3 aliphatic rings. The Kier molecular flexibility index (Phi) is 1.78. The van der Waals surface area contributed by atoms with Crippen molar-refractivity contribution in [3.8, 4) is 0 Å². The molecule has 0 spiro atoms. The van der Waals surface area contributed by atoms with E-state index in [1.54, 1.807) is 19.3 Å². The summed E-state index contributed by atoms with van der Waals surface area (Å²) >= 11 is 0. The molecule has 5 unspecified atom stereocenters. The monoisotopic (exact) mass is 176 g/mol. The highest BCUT2D eigenvalue weighted by Gasteiger charge is 2.55. The van der Waals surface area contributed by atoms with E-state index in [4.69, 9.17) is 0 Å². The Hall–Kier alpha value is -0.260. The second-order valence-electron chi connectivity index (χ2n) is 5.31. The second kappa shape index (κ2) is 2.87. The predicted octanol–water partition coefficient (Wildman–Crippen LogP) is 3.63. The van der Waals surface area contributed by atoms with Crippen LogP contribution in [-0.4, -0.2) is 0 Å². The first kappa shape index (κ1) is 8.08. The molecule has 0 saturated heterocycles. The molecule has 3 fully saturated rings. The molecule has 5 atom stereocenters. The molecular weight excluding hydrogens is 156 g/mol. The Morgan fingerprint density at radius 3 is 2.77 bits per heavy atom. The van der Waals surface area contributed by atoms with Crippen LogP contribution in [0.2, 0.25) is 0 Å². The topological polar surface area (TPSA) is 0 Å². The maximum absolute atomic E-state index is 2.52. The van der Waals surface area contributed by atoms with E-state index in [-0.39, 0.29) is 0 Å². The standard InChI is InChI=1S/C13H20/c1-2-3-4-10-8-12-9-5-6-11(7-9)13(10)12/h3-4,9-13H,2,5-8H2,1H3/b4-3+. The molecule has 0 radical (unpaired) electrons. The third-order valence-electron chi connectivity index (χ3n) is 4.82. The summed E-state index contributed by atoms with van der Waals surface area (Å²) in [6, 6.07) is 0. The van der Waals surface area contributed by atoms with E-state index in [1.165, 1.54) is 12.8 Å². The van der Waals surface area contributed by atoms with Crippen LogP contribution in [0.5, 0.6) is 0 Å². The summed E-state index contributed by atoms with van der Waals surface area (Å²) in [6.07, 6.45) is 12.4. The fourth-order valence-corrected chi connectivity index (χ4v) is 4.27. The Morgan fingerprint density at radius 1 is 1.15 bits per heavy atom. The fourth-order valence-electron chi connectivity index (χ4n) is 4.27. The maximum atomic E-state index is 2.52. The van der Waals surface area contributed by atoms with Gasteiger partial charge < -0.3 is 0 Å². The molecule has 3 rings (SSSR count). The van der Waals surface area contributed by atoms with E-state index in [0.29, 0.717) is 0 Å². The van der Waals surface area contributed by atoms with E-state index in [9.17, 15) is 0 Å². The molecule has 0 aliphatic heterocycles. The Morgan fingerprint density at radius 2 is 2.00 bits per heavy atom. The lowest BCUT2D eigenvalue weighted by atomic mass is 9.58. The van der Waals surface area contributed by atoms with Crippen molar-refractivity contribution in [2.75, 3.05) is 0 Å². The molecule has 3 aliphatic carbocycles. The Labute approximate surface area is 81.4 Å². The van der Waals surface area contributed by atoms with Crippen molar-refractivity contribution in [2.24, 2.45) is 29.6 Å². The molecule has 2 bridgehead atoms. The SMILES string of the molecule is CC/C=C/C1CC2C3CCC(C3)C12. The van der Waals surface area contributed by atoms with Gasteiger partial charge in [0.15, 0.2) is 0 Å². The largest absolute Gasteiger partial charge is 0.0885 e. The van der Waals surface area contributed by atoms with Crippen LogP contribution in [0.25, 0.3) is 0 Å². The van der Waals surface area contributed by atoms with E-state index in [1.807, 2.05) is 0 Å². The van der Waals surface area contributed by atoms with Gasteiger partial charge in [0, 0.05) is 0 Å². The molecule has 0 nitrogen and oxygen atoms in total. The number of rotatable bonds is 2. The Balaban J connectivity index is 1.69. The van der Waals surface area contributed by atoms with Gasteiger partial charge in [-0.1, -0.05) is 19.1 Å². The van der Waals surface area contributed by atoms with Gasteiger partial charge in [-0.15, -0.1) is 0 Å². The van der Waals surface area contributed by atoms with Gasteiger partial charge in [0.2, 0.25) is 0 Å². The highest BCUT2D eigenvalue weighted by atomic mass is 14.6. The van der Waals surface area contributed by atoms with E-state index >= 15 is 0 Å². The summed E-state index contributed by atoms with van der Waals surface area (Å²) in [5.74, 6) is 5.56. The van der Waals surface area contributed by atoms with Crippen LogP contribution in [0.15, 0.2) is 12.2 Å². The second-order valence-corrected chi connectivity index (χ2v) is 5.31. The third kappa shape index (κ3) is 1.04. The first-order valence-electron chi connectivity index (χ1n) is 6.06. The highest BCUT2D eigenvalue weighted by molar-refractivity contribution is 5.11.